The van der Waals surface area contributed by atoms with E-state index in [1.165, 1.54) is 12.1 Å². The molecular weight excluding hydrogens is 331 g/mol. The van der Waals surface area contributed by atoms with Crippen LogP contribution in [0.3, 0.4) is 0 Å². The van der Waals surface area contributed by atoms with Gasteiger partial charge < -0.3 is 9.47 Å². The number of rotatable bonds is 5. The molecule has 8 heteroatoms. The van der Waals surface area contributed by atoms with Crippen molar-refractivity contribution >= 4 is 11.0 Å². The van der Waals surface area contributed by atoms with Gasteiger partial charge in [0.05, 0.1) is 18.1 Å². The first kappa shape index (κ1) is 19.9. The molecule has 1 unspecified atom stereocenters. The van der Waals surface area contributed by atoms with E-state index in [0.717, 1.165) is 0 Å². The molecule has 23 heavy (non-hydrogen) atoms. The molecule has 0 radical (unpaired) electrons. The van der Waals surface area contributed by atoms with Crippen LogP contribution in [-0.2, 0) is 15.7 Å². The van der Waals surface area contributed by atoms with Crippen molar-refractivity contribution in [3.63, 3.8) is 0 Å². The fourth-order valence-electron chi connectivity index (χ4n) is 1.84. The van der Waals surface area contributed by atoms with Crippen molar-refractivity contribution in [3.8, 4) is 5.75 Å². The van der Waals surface area contributed by atoms with E-state index in [9.17, 15) is 17.4 Å². The van der Waals surface area contributed by atoms with Crippen LogP contribution in [0.5, 0.6) is 5.75 Å². The highest BCUT2D eigenvalue weighted by atomic mass is 32.2. The minimum atomic E-state index is -4.82. The summed E-state index contributed by atoms with van der Waals surface area (Å²) in [5.74, 6) is -0.441. The van der Waals surface area contributed by atoms with Gasteiger partial charge in [0.1, 0.15) is 16.7 Å². The summed E-state index contributed by atoms with van der Waals surface area (Å²) in [4.78, 5) is -0.0261. The number of alkyl halides is 3. The Labute approximate surface area is 136 Å². The van der Waals surface area contributed by atoms with E-state index < -0.39 is 23.1 Å². The Hall–Kier alpha value is -1.12. The zero-order chi connectivity index (χ0) is 17.7. The number of nitrogens with one attached hydrogen (secondary N) is 1. The molecule has 1 aliphatic heterocycles. The lowest BCUT2D eigenvalue weighted by Crippen LogP contribution is -2.47. The van der Waals surface area contributed by atoms with Crippen LogP contribution in [0, 0.1) is 12.3 Å². The summed E-state index contributed by atoms with van der Waals surface area (Å²) >= 11 is 0. The summed E-state index contributed by atoms with van der Waals surface area (Å²) in [7, 11) is -1.78. The van der Waals surface area contributed by atoms with Crippen LogP contribution in [0.25, 0.3) is 0 Å². The van der Waals surface area contributed by atoms with E-state index in [-0.39, 0.29) is 10.3 Å². The average molecular weight is 353 g/mol. The van der Waals surface area contributed by atoms with Crippen molar-refractivity contribution in [3.05, 3.63) is 23.8 Å². The van der Waals surface area contributed by atoms with Gasteiger partial charge in [-0.25, -0.2) is 8.93 Å². The van der Waals surface area contributed by atoms with Crippen LogP contribution in [0.4, 0.5) is 13.2 Å². The quantitative estimate of drug-likeness (QED) is 0.880. The topological polar surface area (TPSA) is 47.6 Å². The lowest BCUT2D eigenvalue weighted by molar-refractivity contribution is -0.275. The largest absolute Gasteiger partial charge is 0.573 e. The molecule has 1 saturated heterocycles. The molecular formula is C15H22F3NO3S. The lowest BCUT2D eigenvalue weighted by Gasteiger charge is -2.37. The Morgan fingerprint density at radius 3 is 2.43 bits per heavy atom. The summed E-state index contributed by atoms with van der Waals surface area (Å²) in [6.45, 7) is 9.05. The van der Waals surface area contributed by atoms with Gasteiger partial charge in [-0.1, -0.05) is 26.8 Å². The average Bonchev–Trinajstić information content (AvgIpc) is 2.43. The zero-order valence-corrected chi connectivity index (χ0v) is 14.4. The fourth-order valence-corrected chi connectivity index (χ4v) is 2.95. The van der Waals surface area contributed by atoms with Gasteiger partial charge in [0, 0.05) is 12.0 Å². The van der Waals surface area contributed by atoms with Gasteiger partial charge in [-0.05, 0) is 24.6 Å². The van der Waals surface area contributed by atoms with Gasteiger partial charge in [-0.15, -0.1) is 13.2 Å². The minimum absolute atomic E-state index is 0.0261. The van der Waals surface area contributed by atoms with Crippen molar-refractivity contribution in [1.82, 2.24) is 4.72 Å². The number of hydrogen-bond acceptors (Lipinski definition) is 3. The Balaban J connectivity index is 0.00000127. The van der Waals surface area contributed by atoms with E-state index in [4.69, 9.17) is 4.74 Å². The van der Waals surface area contributed by atoms with Crippen LogP contribution >= 0.6 is 0 Å². The lowest BCUT2D eigenvalue weighted by atomic mass is 9.89. The molecule has 2 rings (SSSR count). The maximum absolute atomic E-state index is 12.4. The van der Waals surface area contributed by atoms with Gasteiger partial charge in [-0.2, -0.15) is 0 Å². The molecule has 1 aromatic rings. The first-order chi connectivity index (χ1) is 10.7. The number of halogens is 3. The third-order valence-electron chi connectivity index (χ3n) is 3.06. The standard InChI is InChI=1S/C13H16F3NO3S.C2H6/c1-9-3-4-11(10(5-9)20-13(14,15)16)21(18)17-6-12(2)7-19-8-12;1-2/h3-5,17H,6-8H2,1-2H3;1-2H3. The normalized spacial score (nSPS) is 17.5. The van der Waals surface area contributed by atoms with Crippen molar-refractivity contribution in [2.24, 2.45) is 5.41 Å². The molecule has 1 N–H and O–H groups in total. The molecule has 132 valence electrons. The molecule has 0 saturated carbocycles. The Bertz CT molecular complexity index is 545. The molecule has 1 fully saturated rings. The second-order valence-corrected chi connectivity index (χ2v) is 6.66. The first-order valence-electron chi connectivity index (χ1n) is 7.28. The maximum Gasteiger partial charge on any atom is 0.573 e. The van der Waals surface area contributed by atoms with Gasteiger partial charge in [-0.3, -0.25) is 0 Å². The predicted octanol–water partition coefficient (Wildman–Crippen LogP) is 3.57. The van der Waals surface area contributed by atoms with E-state index in [1.807, 2.05) is 20.8 Å². The van der Waals surface area contributed by atoms with Crippen LogP contribution in [-0.4, -0.2) is 30.3 Å². The number of ether oxygens (including phenoxy) is 2. The smallest absolute Gasteiger partial charge is 0.404 e. The molecule has 0 bridgehead atoms. The highest BCUT2D eigenvalue weighted by Crippen LogP contribution is 2.30. The molecule has 1 atom stereocenters. The second kappa shape index (κ2) is 8.12. The summed E-state index contributed by atoms with van der Waals surface area (Å²) in [5.41, 5.74) is 0.458. The highest BCUT2D eigenvalue weighted by molar-refractivity contribution is 7.83. The van der Waals surface area contributed by atoms with E-state index in [0.29, 0.717) is 25.3 Å². The molecule has 1 aliphatic rings. The van der Waals surface area contributed by atoms with Crippen molar-refractivity contribution in [2.45, 2.75) is 39.0 Å². The SMILES string of the molecule is CC.Cc1ccc(S(=O)NCC2(C)COC2)c(OC(F)(F)F)c1. The number of aryl methyl sites for hydroxylation is 1. The molecule has 0 spiro atoms. The molecule has 1 aromatic carbocycles. The molecule has 1 heterocycles. The van der Waals surface area contributed by atoms with Crippen molar-refractivity contribution < 1.29 is 26.9 Å². The van der Waals surface area contributed by atoms with Crippen molar-refractivity contribution in [2.75, 3.05) is 19.8 Å². The van der Waals surface area contributed by atoms with Gasteiger partial charge in [0.15, 0.2) is 0 Å². The third kappa shape index (κ3) is 6.12. The number of benzene rings is 1. The van der Waals surface area contributed by atoms with Crippen LogP contribution < -0.4 is 9.46 Å². The molecule has 0 aliphatic carbocycles. The fraction of sp³-hybridized carbons (Fsp3) is 0.600. The summed E-state index contributed by atoms with van der Waals surface area (Å²) in [6.07, 6.45) is -4.82. The van der Waals surface area contributed by atoms with Crippen molar-refractivity contribution in [1.29, 1.82) is 0 Å². The van der Waals surface area contributed by atoms with E-state index in [1.54, 1.807) is 13.0 Å². The van der Waals surface area contributed by atoms with Gasteiger partial charge in [0.2, 0.25) is 0 Å². The Morgan fingerprint density at radius 2 is 1.96 bits per heavy atom. The third-order valence-corrected chi connectivity index (χ3v) is 4.20. The van der Waals surface area contributed by atoms with Crippen LogP contribution in [0.2, 0.25) is 0 Å². The first-order valence-corrected chi connectivity index (χ1v) is 8.43. The molecule has 0 amide bonds. The van der Waals surface area contributed by atoms with Gasteiger partial charge >= 0.3 is 6.36 Å². The molecule has 0 aromatic heterocycles. The molecule has 4 nitrogen and oxygen atoms in total. The van der Waals surface area contributed by atoms with Crippen LogP contribution in [0.15, 0.2) is 23.1 Å². The monoisotopic (exact) mass is 353 g/mol. The van der Waals surface area contributed by atoms with Gasteiger partial charge in [0.25, 0.3) is 0 Å². The Kier molecular flexibility index (Phi) is 7.03. The minimum Gasteiger partial charge on any atom is -0.404 e. The zero-order valence-electron chi connectivity index (χ0n) is 13.6. The van der Waals surface area contributed by atoms with E-state index >= 15 is 0 Å². The highest BCUT2D eigenvalue weighted by Gasteiger charge is 2.35. The number of hydrogen-bond donors (Lipinski definition) is 1. The predicted molar refractivity (Wildman–Crippen MR) is 82.5 cm³/mol. The summed E-state index contributed by atoms with van der Waals surface area (Å²) in [6, 6.07) is 4.18. The van der Waals surface area contributed by atoms with Crippen LogP contribution in [0.1, 0.15) is 26.3 Å². The summed E-state index contributed by atoms with van der Waals surface area (Å²) < 4.78 is 61.1. The summed E-state index contributed by atoms with van der Waals surface area (Å²) in [5, 5.41) is 0. The van der Waals surface area contributed by atoms with E-state index in [2.05, 4.69) is 9.46 Å². The Morgan fingerprint density at radius 1 is 1.35 bits per heavy atom. The second-order valence-electron chi connectivity index (χ2n) is 5.39. The maximum atomic E-state index is 12.4.